The zero-order valence-corrected chi connectivity index (χ0v) is 15.6. The van der Waals surface area contributed by atoms with Crippen LogP contribution in [0.5, 0.6) is 0 Å². The Balaban J connectivity index is 0.000001000. The number of aromatic nitrogens is 1. The van der Waals surface area contributed by atoms with Crippen LogP contribution in [0.4, 0.5) is 0 Å². The second-order valence-corrected chi connectivity index (χ2v) is 12.2. The van der Waals surface area contributed by atoms with Crippen LogP contribution in [-0.4, -0.2) is 8.19 Å². The zero-order valence-electron chi connectivity index (χ0n) is 11.6. The number of rotatable bonds is 2. The molecule has 0 amide bonds. The van der Waals surface area contributed by atoms with Crippen LogP contribution in [0.25, 0.3) is 10.9 Å². The molecule has 0 unspecified atom stereocenters. The molecular weight excluding hydrogens is 368 g/mol. The Labute approximate surface area is 140 Å². The molecule has 3 rings (SSSR count). The first-order chi connectivity index (χ1) is 8.75. The van der Waals surface area contributed by atoms with Crippen molar-refractivity contribution in [3.63, 3.8) is 0 Å². The van der Waals surface area contributed by atoms with E-state index >= 15 is 0 Å². The number of H-pyrrole nitrogens is 1. The normalized spacial score (nSPS) is 12.2. The summed E-state index contributed by atoms with van der Waals surface area (Å²) in [6, 6.07) is 11.0. The van der Waals surface area contributed by atoms with Crippen LogP contribution in [0.2, 0.25) is 0 Å². The van der Waals surface area contributed by atoms with Crippen LogP contribution in [0.15, 0.2) is 51.8 Å². The summed E-state index contributed by atoms with van der Waals surface area (Å²) in [4.78, 5) is 3.65. The summed E-state index contributed by atoms with van der Waals surface area (Å²) in [5, 5.41) is 1.35. The number of nitrogens with one attached hydrogen (secondary N) is 1. The molecule has 0 fully saturated rings. The SMILES string of the molecule is C[C](C)=[Zr+2]([C]1=CC=CC1)[c]1cc2ccccc2[nH]1.[Cl-].[Cl-]. The summed E-state index contributed by atoms with van der Waals surface area (Å²) in [5.41, 5.74) is 1.28. The van der Waals surface area contributed by atoms with Gasteiger partial charge in [-0.2, -0.15) is 0 Å². The van der Waals surface area contributed by atoms with Gasteiger partial charge in [0, 0.05) is 0 Å². The van der Waals surface area contributed by atoms with Gasteiger partial charge in [-0.05, 0) is 0 Å². The molecule has 0 aliphatic heterocycles. The van der Waals surface area contributed by atoms with Crippen LogP contribution < -0.4 is 28.2 Å². The van der Waals surface area contributed by atoms with Crippen molar-refractivity contribution in [1.29, 1.82) is 0 Å². The number of allylic oxidation sites excluding steroid dienone is 4. The molecule has 0 spiro atoms. The van der Waals surface area contributed by atoms with Crippen molar-refractivity contribution >= 4 is 17.5 Å². The monoisotopic (exact) mass is 383 g/mol. The van der Waals surface area contributed by atoms with Crippen LogP contribution >= 0.6 is 0 Å². The number of hydrogen-bond acceptors (Lipinski definition) is 0. The van der Waals surface area contributed by atoms with Crippen molar-refractivity contribution in [1.82, 2.24) is 4.98 Å². The largest absolute Gasteiger partial charge is 1.00 e. The van der Waals surface area contributed by atoms with Crippen molar-refractivity contribution in [3.05, 3.63) is 51.8 Å². The van der Waals surface area contributed by atoms with Gasteiger partial charge in [0.2, 0.25) is 0 Å². The Morgan fingerprint density at radius 2 is 1.90 bits per heavy atom. The fourth-order valence-corrected chi connectivity index (χ4v) is 9.17. The fraction of sp³-hybridized carbons (Fsp3) is 0.188. The molecule has 0 bridgehead atoms. The standard InChI is InChI=1S/C8H6N.C5H5.C3H6.2ClH.Zr/c1-2-4-8-7(3-1)5-6-9-8;1-2-4-5-3-1;1-3-2;;;/h1-5,9H;1-3H,4H2;1-2H3;2*1H;/q;;;;;+2/p-2. The molecule has 1 aromatic carbocycles. The average Bonchev–Trinajstić information content (AvgIpc) is 2.97. The third-order valence-electron chi connectivity index (χ3n) is 3.39. The van der Waals surface area contributed by atoms with E-state index in [1.807, 2.05) is 0 Å². The van der Waals surface area contributed by atoms with Gasteiger partial charge < -0.3 is 24.8 Å². The zero-order chi connectivity index (χ0) is 12.5. The summed E-state index contributed by atoms with van der Waals surface area (Å²) in [6.45, 7) is 4.61. The van der Waals surface area contributed by atoms with E-state index in [4.69, 9.17) is 0 Å². The number of hydrogen-bond donors (Lipinski definition) is 1. The van der Waals surface area contributed by atoms with Crippen molar-refractivity contribution in [2.24, 2.45) is 0 Å². The maximum absolute atomic E-state index is 3.65. The third kappa shape index (κ3) is 3.42. The van der Waals surface area contributed by atoms with Crippen molar-refractivity contribution in [2.75, 3.05) is 0 Å². The summed E-state index contributed by atoms with van der Waals surface area (Å²) in [7, 11) is 0. The Kier molecular flexibility index (Phi) is 6.65. The van der Waals surface area contributed by atoms with Crippen molar-refractivity contribution in [2.45, 2.75) is 20.3 Å². The van der Waals surface area contributed by atoms with Crippen LogP contribution in [-0.2, 0) is 21.3 Å². The molecule has 1 aromatic heterocycles. The first-order valence-corrected chi connectivity index (χ1v) is 10.1. The Hall–Kier alpha value is -0.427. The van der Waals surface area contributed by atoms with E-state index in [1.54, 1.807) is 6.49 Å². The van der Waals surface area contributed by atoms with Gasteiger partial charge in [0.1, 0.15) is 0 Å². The van der Waals surface area contributed by atoms with Crippen molar-refractivity contribution < 1.29 is 46.1 Å². The molecule has 1 aliphatic carbocycles. The maximum Gasteiger partial charge on any atom is -1.00 e. The second kappa shape index (κ2) is 7.54. The summed E-state index contributed by atoms with van der Waals surface area (Å²) < 4.78 is 4.83. The van der Waals surface area contributed by atoms with Crippen LogP contribution in [0, 0.1) is 0 Å². The minimum absolute atomic E-state index is 0. The van der Waals surface area contributed by atoms with Gasteiger partial charge in [-0.15, -0.1) is 0 Å². The molecule has 0 atom stereocenters. The van der Waals surface area contributed by atoms with Gasteiger partial charge in [0.05, 0.1) is 0 Å². The summed E-state index contributed by atoms with van der Waals surface area (Å²) >= 11 is -1.78. The number of para-hydroxylation sites is 1. The van der Waals surface area contributed by atoms with Gasteiger partial charge in [0.15, 0.2) is 0 Å². The van der Waals surface area contributed by atoms with E-state index in [2.05, 4.69) is 67.4 Å². The first-order valence-electron chi connectivity index (χ1n) is 6.37. The van der Waals surface area contributed by atoms with Gasteiger partial charge >= 0.3 is 116 Å². The van der Waals surface area contributed by atoms with Gasteiger partial charge in [-0.25, -0.2) is 0 Å². The molecule has 0 saturated heterocycles. The molecule has 20 heavy (non-hydrogen) atoms. The van der Waals surface area contributed by atoms with Crippen LogP contribution in [0.1, 0.15) is 20.3 Å². The van der Waals surface area contributed by atoms with E-state index in [0.29, 0.717) is 0 Å². The topological polar surface area (TPSA) is 15.8 Å². The van der Waals surface area contributed by atoms with Gasteiger partial charge in [-0.1, -0.05) is 0 Å². The summed E-state index contributed by atoms with van der Waals surface area (Å²) in [6.07, 6.45) is 7.99. The average molecular weight is 385 g/mol. The molecule has 2 aromatic rings. The molecule has 0 saturated carbocycles. The Bertz CT molecular complexity index is 658. The minimum Gasteiger partial charge on any atom is -1.00 e. The van der Waals surface area contributed by atoms with E-state index in [0.717, 1.165) is 6.42 Å². The molecule has 1 aliphatic rings. The third-order valence-corrected chi connectivity index (χ3v) is 10.3. The molecule has 1 N–H and O–H groups in total. The van der Waals surface area contributed by atoms with Crippen molar-refractivity contribution in [3.8, 4) is 0 Å². The predicted octanol–water partition coefficient (Wildman–Crippen LogP) is -2.52. The number of benzene rings is 1. The smallest absolute Gasteiger partial charge is 1.00 e. The minimum atomic E-state index is -1.78. The van der Waals surface area contributed by atoms with Gasteiger partial charge in [-0.3, -0.25) is 0 Å². The van der Waals surface area contributed by atoms with Gasteiger partial charge in [0.25, 0.3) is 0 Å². The number of aromatic amines is 1. The molecule has 4 heteroatoms. The van der Waals surface area contributed by atoms with E-state index in [-0.39, 0.29) is 24.8 Å². The predicted molar refractivity (Wildman–Crippen MR) is 76.1 cm³/mol. The van der Waals surface area contributed by atoms with Crippen LogP contribution in [0.3, 0.4) is 0 Å². The quantitative estimate of drug-likeness (QED) is 0.587. The summed E-state index contributed by atoms with van der Waals surface area (Å²) in [5.74, 6) is 0. The molecule has 104 valence electrons. The second-order valence-electron chi connectivity index (χ2n) is 4.97. The number of fused-ring (bicyclic) bond motifs is 1. The Morgan fingerprint density at radius 3 is 2.50 bits per heavy atom. The van der Waals surface area contributed by atoms with E-state index in [1.165, 1.54) is 14.3 Å². The molecule has 1 heterocycles. The first kappa shape index (κ1) is 17.6. The molecule has 1 nitrogen and oxygen atoms in total. The maximum atomic E-state index is 3.65. The fourth-order valence-electron chi connectivity index (χ4n) is 2.60. The Morgan fingerprint density at radius 1 is 1.15 bits per heavy atom. The molecule has 0 radical (unpaired) electrons. The molecular formula is C16H17Cl2NZr. The number of halogens is 2. The van der Waals surface area contributed by atoms with E-state index in [9.17, 15) is 0 Å². The van der Waals surface area contributed by atoms with E-state index < -0.39 is 21.3 Å².